The lowest BCUT2D eigenvalue weighted by Crippen LogP contribution is -2.50. The molecule has 0 aromatic carbocycles. The summed E-state index contributed by atoms with van der Waals surface area (Å²) in [5.41, 5.74) is 0. The zero-order valence-corrected chi connectivity index (χ0v) is 13.8. The molecule has 4 nitrogen and oxygen atoms in total. The van der Waals surface area contributed by atoms with Gasteiger partial charge in [0.05, 0.1) is 5.75 Å². The lowest BCUT2D eigenvalue weighted by atomic mass is 9.91. The van der Waals surface area contributed by atoms with Crippen LogP contribution in [0.4, 0.5) is 0 Å². The average molecular weight is 302 g/mol. The molecule has 0 radical (unpaired) electrons. The molecular formula is C15H30N2O2S. The normalized spacial score (nSPS) is 30.5. The molecule has 0 spiro atoms. The summed E-state index contributed by atoms with van der Waals surface area (Å²) >= 11 is 0. The molecule has 1 saturated carbocycles. The van der Waals surface area contributed by atoms with E-state index in [1.807, 2.05) is 7.05 Å². The van der Waals surface area contributed by atoms with Gasteiger partial charge < -0.3 is 5.32 Å². The van der Waals surface area contributed by atoms with Gasteiger partial charge in [-0.15, -0.1) is 0 Å². The number of nitrogens with zero attached hydrogens (tertiary/aromatic N) is 1. The molecular weight excluding hydrogens is 272 g/mol. The van der Waals surface area contributed by atoms with Crippen LogP contribution in [0, 0.1) is 11.8 Å². The van der Waals surface area contributed by atoms with Gasteiger partial charge in [0.2, 0.25) is 10.0 Å². The van der Waals surface area contributed by atoms with Crippen LogP contribution in [0.25, 0.3) is 0 Å². The quantitative estimate of drug-likeness (QED) is 0.847. The van der Waals surface area contributed by atoms with Gasteiger partial charge in [-0.1, -0.05) is 32.6 Å². The summed E-state index contributed by atoms with van der Waals surface area (Å²) in [6.07, 6.45) is 7.88. The third-order valence-electron chi connectivity index (χ3n) is 5.16. The van der Waals surface area contributed by atoms with E-state index >= 15 is 0 Å². The first kappa shape index (κ1) is 16.2. The van der Waals surface area contributed by atoms with Crippen LogP contribution in [-0.2, 0) is 10.0 Å². The second kappa shape index (κ2) is 7.23. The van der Waals surface area contributed by atoms with Gasteiger partial charge in [0.25, 0.3) is 0 Å². The first-order valence-corrected chi connectivity index (χ1v) is 9.82. The molecule has 1 saturated heterocycles. The van der Waals surface area contributed by atoms with Crippen LogP contribution < -0.4 is 5.32 Å². The van der Waals surface area contributed by atoms with E-state index in [1.54, 1.807) is 4.31 Å². The minimum absolute atomic E-state index is 0.383. The number of hydrogen-bond donors (Lipinski definition) is 1. The van der Waals surface area contributed by atoms with Crippen molar-refractivity contribution in [1.82, 2.24) is 9.62 Å². The fourth-order valence-corrected chi connectivity index (χ4v) is 5.74. The first-order valence-electron chi connectivity index (χ1n) is 8.22. The highest BCUT2D eigenvalue weighted by molar-refractivity contribution is 7.89. The third-order valence-corrected chi connectivity index (χ3v) is 7.17. The van der Waals surface area contributed by atoms with Crippen LogP contribution in [0.5, 0.6) is 0 Å². The largest absolute Gasteiger partial charge is 0.317 e. The van der Waals surface area contributed by atoms with Gasteiger partial charge in [0, 0.05) is 19.1 Å². The number of piperidine rings is 1. The van der Waals surface area contributed by atoms with E-state index in [1.165, 1.54) is 19.3 Å². The van der Waals surface area contributed by atoms with Crippen molar-refractivity contribution in [2.45, 2.75) is 57.9 Å². The highest BCUT2D eigenvalue weighted by Gasteiger charge is 2.34. The van der Waals surface area contributed by atoms with E-state index in [0.717, 1.165) is 25.7 Å². The zero-order valence-electron chi connectivity index (χ0n) is 13.0. The molecule has 2 unspecified atom stereocenters. The molecule has 2 fully saturated rings. The zero-order chi connectivity index (χ0) is 14.6. The van der Waals surface area contributed by atoms with E-state index < -0.39 is 10.0 Å². The molecule has 1 N–H and O–H groups in total. The lowest BCUT2D eigenvalue weighted by molar-refractivity contribution is 0.208. The summed E-state index contributed by atoms with van der Waals surface area (Å²) in [6, 6.07) is 0.473. The van der Waals surface area contributed by atoms with Crippen molar-refractivity contribution < 1.29 is 8.42 Å². The molecule has 20 heavy (non-hydrogen) atoms. The Labute approximate surface area is 124 Å². The fourth-order valence-electron chi connectivity index (χ4n) is 3.80. The number of nitrogens with one attached hydrogen (secondary N) is 1. The molecule has 0 amide bonds. The van der Waals surface area contributed by atoms with E-state index in [0.29, 0.717) is 36.7 Å². The molecule has 1 heterocycles. The maximum Gasteiger partial charge on any atom is 0.214 e. The molecule has 1 aliphatic heterocycles. The minimum Gasteiger partial charge on any atom is -0.317 e. The Kier molecular flexibility index (Phi) is 5.87. The summed E-state index contributed by atoms with van der Waals surface area (Å²) in [7, 11) is -1.07. The summed E-state index contributed by atoms with van der Waals surface area (Å²) < 4.78 is 27.0. The molecule has 2 rings (SSSR count). The fraction of sp³-hybridized carbons (Fsp3) is 1.00. The summed E-state index contributed by atoms with van der Waals surface area (Å²) in [5, 5.41) is 3.34. The Morgan fingerprint density at radius 3 is 2.45 bits per heavy atom. The molecule has 2 atom stereocenters. The van der Waals surface area contributed by atoms with Crippen LogP contribution in [0.3, 0.4) is 0 Å². The molecule has 0 bridgehead atoms. The molecule has 118 valence electrons. The van der Waals surface area contributed by atoms with Crippen molar-refractivity contribution in [2.75, 3.05) is 25.9 Å². The van der Waals surface area contributed by atoms with E-state index in [4.69, 9.17) is 0 Å². The van der Waals surface area contributed by atoms with E-state index in [9.17, 15) is 8.42 Å². The lowest BCUT2D eigenvalue weighted by Gasteiger charge is -2.38. The molecule has 0 aromatic rings. The third kappa shape index (κ3) is 3.95. The van der Waals surface area contributed by atoms with Crippen molar-refractivity contribution in [1.29, 1.82) is 0 Å². The van der Waals surface area contributed by atoms with Gasteiger partial charge in [-0.25, -0.2) is 12.7 Å². The molecule has 2 aliphatic rings. The second-order valence-electron chi connectivity index (χ2n) is 6.49. The predicted octanol–water partition coefficient (Wildman–Crippen LogP) is 2.22. The maximum absolute atomic E-state index is 12.6. The summed E-state index contributed by atoms with van der Waals surface area (Å²) in [4.78, 5) is 0. The Morgan fingerprint density at radius 2 is 1.85 bits per heavy atom. The average Bonchev–Trinajstić information content (AvgIpc) is 2.47. The van der Waals surface area contributed by atoms with Gasteiger partial charge in [-0.2, -0.15) is 0 Å². The van der Waals surface area contributed by atoms with Crippen LogP contribution in [0.1, 0.15) is 51.9 Å². The number of rotatable bonds is 5. The number of sulfonamides is 1. The smallest absolute Gasteiger partial charge is 0.214 e. The Bertz CT molecular complexity index is 391. The monoisotopic (exact) mass is 302 g/mol. The van der Waals surface area contributed by atoms with E-state index in [-0.39, 0.29) is 0 Å². The van der Waals surface area contributed by atoms with E-state index in [2.05, 4.69) is 12.2 Å². The summed E-state index contributed by atoms with van der Waals surface area (Å²) in [6.45, 7) is 3.56. The first-order chi connectivity index (χ1) is 9.56. The molecule has 0 aromatic heterocycles. The van der Waals surface area contributed by atoms with Crippen LogP contribution in [-0.4, -0.2) is 44.7 Å². The second-order valence-corrected chi connectivity index (χ2v) is 8.51. The van der Waals surface area contributed by atoms with Gasteiger partial charge in [-0.3, -0.25) is 0 Å². The Hall–Kier alpha value is -0.130. The van der Waals surface area contributed by atoms with Crippen LogP contribution in [0.2, 0.25) is 0 Å². The topological polar surface area (TPSA) is 49.4 Å². The van der Waals surface area contributed by atoms with Crippen LogP contribution >= 0.6 is 0 Å². The van der Waals surface area contributed by atoms with Crippen molar-refractivity contribution in [3.63, 3.8) is 0 Å². The van der Waals surface area contributed by atoms with Crippen molar-refractivity contribution >= 4 is 10.0 Å². The Morgan fingerprint density at radius 1 is 1.15 bits per heavy atom. The van der Waals surface area contributed by atoms with Gasteiger partial charge in [-0.05, 0) is 38.1 Å². The molecule has 1 aliphatic carbocycles. The standard InChI is InChI=1S/C15H30N2O2S/c1-3-14-11-17(10-9-15(14)16-2)20(18,19)12-13-7-5-4-6-8-13/h13-16H,3-12H2,1-2H3. The Balaban J connectivity index is 1.95. The van der Waals surface area contributed by atoms with Gasteiger partial charge >= 0.3 is 0 Å². The summed E-state index contributed by atoms with van der Waals surface area (Å²) in [5.74, 6) is 1.24. The highest BCUT2D eigenvalue weighted by atomic mass is 32.2. The molecule has 5 heteroatoms. The van der Waals surface area contributed by atoms with Crippen molar-refractivity contribution in [3.8, 4) is 0 Å². The van der Waals surface area contributed by atoms with Gasteiger partial charge in [0.15, 0.2) is 0 Å². The van der Waals surface area contributed by atoms with Crippen LogP contribution in [0.15, 0.2) is 0 Å². The predicted molar refractivity (Wildman–Crippen MR) is 83.2 cm³/mol. The van der Waals surface area contributed by atoms with Crippen molar-refractivity contribution in [3.05, 3.63) is 0 Å². The SMILES string of the molecule is CCC1CN(S(=O)(=O)CC2CCCCC2)CCC1NC. The highest BCUT2D eigenvalue weighted by Crippen LogP contribution is 2.28. The van der Waals surface area contributed by atoms with Gasteiger partial charge in [0.1, 0.15) is 0 Å². The minimum atomic E-state index is -3.05. The van der Waals surface area contributed by atoms with Crippen molar-refractivity contribution in [2.24, 2.45) is 11.8 Å². The number of hydrogen-bond acceptors (Lipinski definition) is 3. The maximum atomic E-state index is 12.6.